The molecular formula is C11H9F3O4. The molecule has 0 radical (unpaired) electrons. The van der Waals surface area contributed by atoms with Crippen molar-refractivity contribution in [2.75, 3.05) is 6.61 Å². The topological polar surface area (TPSA) is 52.6 Å². The van der Waals surface area contributed by atoms with Crippen LogP contribution in [0, 0.1) is 0 Å². The van der Waals surface area contributed by atoms with Gasteiger partial charge in [-0.1, -0.05) is 6.07 Å². The first-order valence-electron chi connectivity index (χ1n) is 4.90. The van der Waals surface area contributed by atoms with Gasteiger partial charge in [-0.15, -0.1) is 13.2 Å². The van der Waals surface area contributed by atoms with E-state index in [2.05, 4.69) is 9.47 Å². The fourth-order valence-corrected chi connectivity index (χ4v) is 1.25. The maximum atomic E-state index is 12.2. The van der Waals surface area contributed by atoms with Crippen molar-refractivity contribution < 1.29 is 32.2 Å². The summed E-state index contributed by atoms with van der Waals surface area (Å²) in [5, 5.41) is 0. The third kappa shape index (κ3) is 3.47. The summed E-state index contributed by atoms with van der Waals surface area (Å²) in [7, 11) is 0. The number of benzene rings is 1. The van der Waals surface area contributed by atoms with Gasteiger partial charge in [0.1, 0.15) is 5.56 Å². The minimum atomic E-state index is -5.00. The zero-order valence-corrected chi connectivity index (χ0v) is 9.28. The Labute approximate surface area is 100 Å². The molecule has 0 saturated carbocycles. The smallest absolute Gasteiger partial charge is 0.462 e. The summed E-state index contributed by atoms with van der Waals surface area (Å²) < 4.78 is 44.9. The van der Waals surface area contributed by atoms with Crippen molar-refractivity contribution in [1.82, 2.24) is 0 Å². The van der Waals surface area contributed by atoms with Crippen LogP contribution in [0.5, 0.6) is 5.75 Å². The fraction of sp³-hybridized carbons (Fsp3) is 0.273. The van der Waals surface area contributed by atoms with Gasteiger partial charge in [-0.2, -0.15) is 0 Å². The van der Waals surface area contributed by atoms with Crippen LogP contribution in [0.3, 0.4) is 0 Å². The second-order valence-corrected chi connectivity index (χ2v) is 3.11. The molecule has 7 heteroatoms. The number of rotatable bonds is 4. The summed E-state index contributed by atoms with van der Waals surface area (Å²) in [4.78, 5) is 22.1. The maximum Gasteiger partial charge on any atom is 0.573 e. The number of alkyl halides is 3. The van der Waals surface area contributed by atoms with Crippen LogP contribution in [0.1, 0.15) is 27.6 Å². The lowest BCUT2D eigenvalue weighted by molar-refractivity contribution is -0.274. The molecule has 0 N–H and O–H groups in total. The minimum absolute atomic E-state index is 0.00436. The summed E-state index contributed by atoms with van der Waals surface area (Å²) in [5.74, 6) is -1.83. The standard InChI is InChI=1S/C11H9F3O4/c1-2-17-10(16)8-5-3-4-7(6-15)9(8)18-11(12,13)14/h3-6H,2H2,1H3. The number of hydrogen-bond donors (Lipinski definition) is 0. The quantitative estimate of drug-likeness (QED) is 0.618. The molecule has 1 rings (SSSR count). The van der Waals surface area contributed by atoms with E-state index in [1.807, 2.05) is 0 Å². The summed E-state index contributed by atoms with van der Waals surface area (Å²) in [6.07, 6.45) is -4.83. The average Bonchev–Trinajstić information content (AvgIpc) is 2.27. The van der Waals surface area contributed by atoms with Gasteiger partial charge in [-0.3, -0.25) is 4.79 Å². The lowest BCUT2D eigenvalue weighted by Gasteiger charge is -2.14. The predicted octanol–water partition coefficient (Wildman–Crippen LogP) is 2.57. The van der Waals surface area contributed by atoms with Gasteiger partial charge in [0.15, 0.2) is 12.0 Å². The number of para-hydroxylation sites is 1. The van der Waals surface area contributed by atoms with Crippen LogP contribution in [0.2, 0.25) is 0 Å². The molecule has 98 valence electrons. The number of carbonyl (C=O) groups excluding carboxylic acids is 2. The monoisotopic (exact) mass is 262 g/mol. The van der Waals surface area contributed by atoms with Crippen LogP contribution in [-0.4, -0.2) is 25.2 Å². The summed E-state index contributed by atoms with van der Waals surface area (Å²) in [6.45, 7) is 1.50. The Kier molecular flexibility index (Phi) is 4.30. The van der Waals surface area contributed by atoms with E-state index < -0.39 is 23.6 Å². The summed E-state index contributed by atoms with van der Waals surface area (Å²) in [6, 6.07) is 3.46. The van der Waals surface area contributed by atoms with E-state index in [0.717, 1.165) is 12.1 Å². The SMILES string of the molecule is CCOC(=O)c1cccc(C=O)c1OC(F)(F)F. The Balaban J connectivity index is 3.24. The highest BCUT2D eigenvalue weighted by Gasteiger charge is 2.34. The Hall–Kier alpha value is -2.05. The lowest BCUT2D eigenvalue weighted by atomic mass is 10.1. The second kappa shape index (κ2) is 5.52. The van der Waals surface area contributed by atoms with Gasteiger partial charge < -0.3 is 9.47 Å². The summed E-state index contributed by atoms with van der Waals surface area (Å²) in [5.41, 5.74) is -0.823. The molecule has 0 aliphatic heterocycles. The summed E-state index contributed by atoms with van der Waals surface area (Å²) >= 11 is 0. The Morgan fingerprint density at radius 2 is 2.06 bits per heavy atom. The van der Waals surface area contributed by atoms with Gasteiger partial charge in [-0.25, -0.2) is 4.79 Å². The van der Waals surface area contributed by atoms with Crippen LogP contribution in [-0.2, 0) is 4.74 Å². The number of aldehydes is 1. The number of carbonyl (C=O) groups is 2. The highest BCUT2D eigenvalue weighted by molar-refractivity contribution is 5.96. The highest BCUT2D eigenvalue weighted by Crippen LogP contribution is 2.29. The molecule has 0 spiro atoms. The zero-order chi connectivity index (χ0) is 13.8. The first-order valence-corrected chi connectivity index (χ1v) is 4.90. The van der Waals surface area contributed by atoms with Crippen molar-refractivity contribution in [1.29, 1.82) is 0 Å². The van der Waals surface area contributed by atoms with Crippen LogP contribution in [0.15, 0.2) is 18.2 Å². The largest absolute Gasteiger partial charge is 0.573 e. The highest BCUT2D eigenvalue weighted by atomic mass is 19.4. The molecule has 18 heavy (non-hydrogen) atoms. The van der Waals surface area contributed by atoms with Gasteiger partial charge >= 0.3 is 12.3 Å². The molecule has 4 nitrogen and oxygen atoms in total. The number of halogens is 3. The van der Waals surface area contributed by atoms with Crippen molar-refractivity contribution in [3.63, 3.8) is 0 Å². The molecule has 0 bridgehead atoms. The molecule has 0 unspecified atom stereocenters. The van der Waals surface area contributed by atoms with E-state index in [-0.39, 0.29) is 18.5 Å². The predicted molar refractivity (Wildman–Crippen MR) is 54.5 cm³/mol. The Bertz CT molecular complexity index is 454. The number of esters is 1. The fourth-order valence-electron chi connectivity index (χ4n) is 1.25. The van der Waals surface area contributed by atoms with Gasteiger partial charge in [-0.05, 0) is 19.1 Å². The molecule has 1 aromatic rings. The second-order valence-electron chi connectivity index (χ2n) is 3.11. The van der Waals surface area contributed by atoms with Gasteiger partial charge in [0, 0.05) is 0 Å². The average molecular weight is 262 g/mol. The molecule has 0 heterocycles. The molecule has 0 aromatic heterocycles. The van der Waals surface area contributed by atoms with E-state index in [1.54, 1.807) is 0 Å². The van der Waals surface area contributed by atoms with Crippen LogP contribution in [0.25, 0.3) is 0 Å². The van der Waals surface area contributed by atoms with Crippen LogP contribution in [0.4, 0.5) is 13.2 Å². The molecule has 0 atom stereocenters. The van der Waals surface area contributed by atoms with Gasteiger partial charge in [0.05, 0.1) is 12.2 Å². The maximum absolute atomic E-state index is 12.2. The van der Waals surface area contributed by atoms with Crippen molar-refractivity contribution in [3.8, 4) is 5.75 Å². The minimum Gasteiger partial charge on any atom is -0.462 e. The molecule has 0 aliphatic carbocycles. The Morgan fingerprint density at radius 3 is 2.56 bits per heavy atom. The molecule has 0 saturated heterocycles. The van der Waals surface area contributed by atoms with Gasteiger partial charge in [0.25, 0.3) is 0 Å². The zero-order valence-electron chi connectivity index (χ0n) is 9.28. The first kappa shape index (κ1) is 14.0. The van der Waals surface area contributed by atoms with Crippen molar-refractivity contribution in [2.24, 2.45) is 0 Å². The van der Waals surface area contributed by atoms with E-state index in [9.17, 15) is 22.8 Å². The van der Waals surface area contributed by atoms with Crippen molar-refractivity contribution in [3.05, 3.63) is 29.3 Å². The molecule has 0 aliphatic rings. The van der Waals surface area contributed by atoms with E-state index in [0.29, 0.717) is 0 Å². The Morgan fingerprint density at radius 1 is 1.39 bits per heavy atom. The third-order valence-corrected chi connectivity index (χ3v) is 1.89. The lowest BCUT2D eigenvalue weighted by Crippen LogP contribution is -2.20. The molecule has 1 aromatic carbocycles. The number of hydrogen-bond acceptors (Lipinski definition) is 4. The van der Waals surface area contributed by atoms with E-state index in [1.165, 1.54) is 13.0 Å². The van der Waals surface area contributed by atoms with E-state index >= 15 is 0 Å². The third-order valence-electron chi connectivity index (χ3n) is 1.89. The van der Waals surface area contributed by atoms with Crippen LogP contribution < -0.4 is 4.74 Å². The molecule has 0 fully saturated rings. The van der Waals surface area contributed by atoms with Crippen molar-refractivity contribution in [2.45, 2.75) is 13.3 Å². The van der Waals surface area contributed by atoms with E-state index in [4.69, 9.17) is 0 Å². The number of ether oxygens (including phenoxy) is 2. The molecule has 0 amide bonds. The van der Waals surface area contributed by atoms with Crippen LogP contribution >= 0.6 is 0 Å². The first-order chi connectivity index (χ1) is 8.39. The van der Waals surface area contributed by atoms with Crippen molar-refractivity contribution >= 4 is 12.3 Å². The molecular weight excluding hydrogens is 253 g/mol. The van der Waals surface area contributed by atoms with Gasteiger partial charge in [0.2, 0.25) is 0 Å². The normalized spacial score (nSPS) is 10.9.